The fourth-order valence-electron chi connectivity index (χ4n) is 3.85. The minimum atomic E-state index is -4.29. The summed E-state index contributed by atoms with van der Waals surface area (Å²) in [7, 11) is 0. The smallest absolute Gasteiger partial charge is 0.429 e. The first-order chi connectivity index (χ1) is 19.4. The van der Waals surface area contributed by atoms with Crippen LogP contribution in [0.15, 0.2) is 73.3 Å². The van der Waals surface area contributed by atoms with Gasteiger partial charge in [-0.05, 0) is 60.4 Å². The number of rotatable bonds is 7. The molecule has 4 rings (SSSR count). The van der Waals surface area contributed by atoms with E-state index in [1.807, 2.05) is 0 Å². The number of benzene rings is 4. The van der Waals surface area contributed by atoms with Crippen molar-refractivity contribution in [3.63, 3.8) is 0 Å². The van der Waals surface area contributed by atoms with Gasteiger partial charge in [-0.25, -0.2) is 30.7 Å². The Labute approximate surface area is 228 Å². The molecule has 4 aromatic rings. The number of allylic oxidation sites excluding steroid dienone is 1. The Morgan fingerprint density at radius 1 is 0.707 bits per heavy atom. The van der Waals surface area contributed by atoms with Crippen molar-refractivity contribution in [1.29, 1.82) is 0 Å². The summed E-state index contributed by atoms with van der Waals surface area (Å²) in [4.78, 5) is 0. The molecule has 0 aliphatic rings. The van der Waals surface area contributed by atoms with Crippen molar-refractivity contribution in [3.8, 4) is 28.7 Å². The molecule has 0 atom stereocenters. The SMILES string of the molecule is C=CCCc1ccc(C(F)(F)Oc2cc(F)c(-c3ccc(C#Cc4cc(F)c(F)c(F)c4)c(F)c3)c(F)c2)c(F)c1. The minimum Gasteiger partial charge on any atom is -0.429 e. The first-order valence-corrected chi connectivity index (χ1v) is 11.8. The average molecular weight is 576 g/mol. The minimum absolute atomic E-state index is 0.294. The molecule has 0 heterocycles. The summed E-state index contributed by atoms with van der Waals surface area (Å²) < 4.78 is 132. The van der Waals surface area contributed by atoms with Crippen LogP contribution in [0.25, 0.3) is 11.1 Å². The third-order valence-corrected chi connectivity index (χ3v) is 5.83. The van der Waals surface area contributed by atoms with Crippen molar-refractivity contribution in [2.24, 2.45) is 0 Å². The van der Waals surface area contributed by atoms with Gasteiger partial charge in [0.05, 0.1) is 16.7 Å². The van der Waals surface area contributed by atoms with E-state index in [1.165, 1.54) is 6.07 Å². The van der Waals surface area contributed by atoms with Crippen LogP contribution in [0.2, 0.25) is 0 Å². The highest BCUT2D eigenvalue weighted by Gasteiger charge is 2.38. The van der Waals surface area contributed by atoms with Crippen LogP contribution >= 0.6 is 0 Å². The van der Waals surface area contributed by atoms with E-state index < -0.39 is 63.7 Å². The van der Waals surface area contributed by atoms with Crippen LogP contribution in [-0.2, 0) is 12.5 Å². The number of aryl methyl sites for hydroxylation is 1. The normalized spacial score (nSPS) is 11.1. The van der Waals surface area contributed by atoms with Gasteiger partial charge in [0.2, 0.25) is 0 Å². The number of hydrogen-bond donors (Lipinski definition) is 0. The van der Waals surface area contributed by atoms with Crippen LogP contribution in [0, 0.1) is 52.6 Å². The lowest BCUT2D eigenvalue weighted by atomic mass is 10.0. The average Bonchev–Trinajstić information content (AvgIpc) is 2.89. The molecule has 10 heteroatoms. The molecule has 0 aliphatic carbocycles. The van der Waals surface area contributed by atoms with Gasteiger partial charge in [-0.3, -0.25) is 0 Å². The summed E-state index contributed by atoms with van der Waals surface area (Å²) in [6, 6.07) is 7.85. The van der Waals surface area contributed by atoms with E-state index >= 15 is 0 Å². The highest BCUT2D eigenvalue weighted by molar-refractivity contribution is 5.67. The Morgan fingerprint density at radius 3 is 1.95 bits per heavy atom. The van der Waals surface area contributed by atoms with E-state index in [0.717, 1.165) is 24.3 Å². The van der Waals surface area contributed by atoms with E-state index in [9.17, 15) is 39.5 Å². The number of halogens is 9. The zero-order valence-corrected chi connectivity index (χ0v) is 20.8. The zero-order valence-electron chi connectivity index (χ0n) is 20.8. The molecule has 0 bridgehead atoms. The summed E-state index contributed by atoms with van der Waals surface area (Å²) >= 11 is 0. The third-order valence-electron chi connectivity index (χ3n) is 5.83. The number of ether oxygens (including phenoxy) is 1. The molecule has 0 saturated carbocycles. The second-order valence-corrected chi connectivity index (χ2v) is 8.72. The van der Waals surface area contributed by atoms with E-state index in [1.54, 1.807) is 6.08 Å². The molecule has 41 heavy (non-hydrogen) atoms. The maximum Gasteiger partial charge on any atom is 0.429 e. The van der Waals surface area contributed by atoms with Gasteiger partial charge in [0.25, 0.3) is 0 Å². The molecule has 0 aliphatic heterocycles. The molecule has 0 aromatic heterocycles. The molecule has 0 radical (unpaired) electrons. The summed E-state index contributed by atoms with van der Waals surface area (Å²) in [6.07, 6.45) is -1.84. The van der Waals surface area contributed by atoms with Crippen molar-refractivity contribution >= 4 is 0 Å². The highest BCUT2D eigenvalue weighted by atomic mass is 19.3. The largest absolute Gasteiger partial charge is 0.429 e. The van der Waals surface area contributed by atoms with Crippen molar-refractivity contribution in [2.45, 2.75) is 19.0 Å². The molecule has 4 aromatic carbocycles. The van der Waals surface area contributed by atoms with Crippen LogP contribution in [0.4, 0.5) is 39.5 Å². The monoisotopic (exact) mass is 576 g/mol. The van der Waals surface area contributed by atoms with Crippen LogP contribution < -0.4 is 4.74 Å². The molecule has 0 fully saturated rings. The van der Waals surface area contributed by atoms with Gasteiger partial charge in [-0.2, -0.15) is 8.78 Å². The predicted molar refractivity (Wildman–Crippen MR) is 133 cm³/mol. The second kappa shape index (κ2) is 11.8. The molecule has 0 amide bonds. The van der Waals surface area contributed by atoms with Gasteiger partial charge in [-0.1, -0.05) is 30.0 Å². The van der Waals surface area contributed by atoms with Crippen molar-refractivity contribution < 1.29 is 44.3 Å². The fourth-order valence-corrected chi connectivity index (χ4v) is 3.85. The van der Waals surface area contributed by atoms with Gasteiger partial charge in [0.15, 0.2) is 17.5 Å². The van der Waals surface area contributed by atoms with Crippen LogP contribution in [0.1, 0.15) is 28.7 Å². The van der Waals surface area contributed by atoms with E-state index in [-0.39, 0.29) is 16.7 Å². The summed E-state index contributed by atoms with van der Waals surface area (Å²) in [5.74, 6) is -6.24. The van der Waals surface area contributed by atoms with Crippen LogP contribution in [0.3, 0.4) is 0 Å². The molecule has 210 valence electrons. The molecular weight excluding hydrogens is 559 g/mol. The van der Waals surface area contributed by atoms with E-state index in [4.69, 9.17) is 0 Å². The van der Waals surface area contributed by atoms with E-state index in [2.05, 4.69) is 23.2 Å². The maximum absolute atomic E-state index is 14.8. The standard InChI is InChI=1S/C31H17F9O/c1-2-3-4-17-6-10-22(24(33)11-17)31(39,40)41-21-15-25(34)29(26(35)16-21)20-9-8-19(23(32)14-20)7-5-18-12-27(36)30(38)28(37)13-18/h2,6,8-16H,1,3-4H2. The van der Waals surface area contributed by atoms with Gasteiger partial charge < -0.3 is 4.74 Å². The summed E-state index contributed by atoms with van der Waals surface area (Å²) in [5.41, 5.74) is -2.43. The molecule has 0 N–H and O–H groups in total. The van der Waals surface area contributed by atoms with Crippen molar-refractivity contribution in [3.05, 3.63) is 136 Å². The zero-order chi connectivity index (χ0) is 29.9. The Bertz CT molecular complexity index is 1650. The predicted octanol–water partition coefficient (Wildman–Crippen LogP) is 8.97. The van der Waals surface area contributed by atoms with Gasteiger partial charge in [-0.15, -0.1) is 6.58 Å². The van der Waals surface area contributed by atoms with Crippen molar-refractivity contribution in [2.75, 3.05) is 0 Å². The second-order valence-electron chi connectivity index (χ2n) is 8.72. The summed E-state index contributed by atoms with van der Waals surface area (Å²) in [5, 5.41) is 0. The summed E-state index contributed by atoms with van der Waals surface area (Å²) in [6.45, 7) is 3.52. The Balaban J connectivity index is 1.58. The number of hydrogen-bond acceptors (Lipinski definition) is 1. The molecule has 0 saturated heterocycles. The highest BCUT2D eigenvalue weighted by Crippen LogP contribution is 2.37. The fraction of sp³-hybridized carbons (Fsp3) is 0.0968. The third kappa shape index (κ3) is 6.57. The first-order valence-electron chi connectivity index (χ1n) is 11.8. The van der Waals surface area contributed by atoms with Crippen LogP contribution in [-0.4, -0.2) is 0 Å². The topological polar surface area (TPSA) is 9.23 Å². The Morgan fingerprint density at radius 2 is 1.37 bits per heavy atom. The van der Waals surface area contributed by atoms with Gasteiger partial charge >= 0.3 is 6.11 Å². The van der Waals surface area contributed by atoms with Gasteiger partial charge in [0, 0.05) is 17.7 Å². The molecule has 0 unspecified atom stereocenters. The molecular formula is C31H17F9O. The Hall–Kier alpha value is -4.65. The van der Waals surface area contributed by atoms with E-state index in [0.29, 0.717) is 48.7 Å². The van der Waals surface area contributed by atoms with Crippen LogP contribution in [0.5, 0.6) is 5.75 Å². The first kappa shape index (κ1) is 29.3. The molecule has 0 spiro atoms. The lowest BCUT2D eigenvalue weighted by molar-refractivity contribution is -0.187. The van der Waals surface area contributed by atoms with Gasteiger partial charge in [0.1, 0.15) is 29.0 Å². The quantitative estimate of drug-likeness (QED) is 0.0924. The lowest BCUT2D eigenvalue weighted by Crippen LogP contribution is -2.23. The molecule has 1 nitrogen and oxygen atoms in total. The lowest BCUT2D eigenvalue weighted by Gasteiger charge is -2.20. The Kier molecular flexibility index (Phi) is 8.47. The number of alkyl halides is 2. The van der Waals surface area contributed by atoms with Crippen molar-refractivity contribution in [1.82, 2.24) is 0 Å². The maximum atomic E-state index is 14.8.